The monoisotopic (exact) mass is 373 g/mol. The number of hydrogen-bond acceptors (Lipinski definition) is 7. The lowest BCUT2D eigenvalue weighted by atomic mass is 9.96. The zero-order valence-electron chi connectivity index (χ0n) is 15.8. The molecule has 0 aliphatic carbocycles. The third kappa shape index (κ3) is 4.44. The summed E-state index contributed by atoms with van der Waals surface area (Å²) in [6.07, 6.45) is 7.13. The molecule has 27 heavy (non-hydrogen) atoms. The van der Waals surface area contributed by atoms with Crippen molar-refractivity contribution in [2.75, 3.05) is 32.8 Å². The van der Waals surface area contributed by atoms with Gasteiger partial charge in [-0.1, -0.05) is 5.16 Å². The molecule has 4 rings (SSSR count). The van der Waals surface area contributed by atoms with E-state index in [0.717, 1.165) is 63.5 Å². The Hall–Kier alpha value is -2.06. The second kappa shape index (κ2) is 7.90. The lowest BCUT2D eigenvalue weighted by Gasteiger charge is -2.27. The van der Waals surface area contributed by atoms with E-state index in [4.69, 9.17) is 9.57 Å². The van der Waals surface area contributed by atoms with Crippen LogP contribution in [0.15, 0.2) is 17.5 Å². The number of carbonyl (C=O) groups excluding carboxylic acids is 1. The molecular formula is C19H27N5O3. The molecule has 1 unspecified atom stereocenters. The first kappa shape index (κ1) is 18.3. The van der Waals surface area contributed by atoms with Crippen molar-refractivity contribution >= 4 is 11.6 Å². The molecule has 2 saturated heterocycles. The second-order valence-corrected chi connectivity index (χ2v) is 7.86. The molecule has 1 N–H and O–H groups in total. The van der Waals surface area contributed by atoms with Gasteiger partial charge in [-0.15, -0.1) is 0 Å². The van der Waals surface area contributed by atoms with Crippen LogP contribution in [0.2, 0.25) is 0 Å². The van der Waals surface area contributed by atoms with Gasteiger partial charge in [-0.2, -0.15) is 0 Å². The first-order valence-electron chi connectivity index (χ1n) is 9.73. The Kier molecular flexibility index (Phi) is 5.36. The summed E-state index contributed by atoms with van der Waals surface area (Å²) in [7, 11) is 0. The van der Waals surface area contributed by atoms with Gasteiger partial charge < -0.3 is 14.9 Å². The van der Waals surface area contributed by atoms with E-state index in [9.17, 15) is 4.79 Å². The van der Waals surface area contributed by atoms with Crippen molar-refractivity contribution in [3.05, 3.63) is 23.8 Å². The number of aromatic nitrogens is 2. The van der Waals surface area contributed by atoms with E-state index < -0.39 is 0 Å². The summed E-state index contributed by atoms with van der Waals surface area (Å²) < 4.78 is 5.44. The predicted octanol–water partition coefficient (Wildman–Crippen LogP) is 1.05. The lowest BCUT2D eigenvalue weighted by Crippen LogP contribution is -2.38. The van der Waals surface area contributed by atoms with Crippen LogP contribution >= 0.6 is 0 Å². The number of ether oxygens (including phenoxy) is 1. The highest BCUT2D eigenvalue weighted by molar-refractivity contribution is 6.39. The molecule has 1 amide bonds. The van der Waals surface area contributed by atoms with Gasteiger partial charge in [0.15, 0.2) is 5.60 Å². The first-order chi connectivity index (χ1) is 13.1. The molecular weight excluding hydrogens is 346 g/mol. The maximum atomic E-state index is 12.4. The molecule has 8 heteroatoms. The Bertz CT molecular complexity index is 702. The van der Waals surface area contributed by atoms with Gasteiger partial charge in [-0.25, -0.2) is 0 Å². The van der Waals surface area contributed by atoms with Crippen LogP contribution in [0.3, 0.4) is 0 Å². The van der Waals surface area contributed by atoms with Gasteiger partial charge in [0, 0.05) is 51.9 Å². The standard InChI is InChI=1S/C19H27N5O3/c1-14-9-21-16(10-20-14)11-22-18(25)17-8-19(27-23-17)4-5-24(13-19)12-15-2-6-26-7-3-15/h9-10,15H,2-8,11-13H2,1H3,(H,22,25). The quantitative estimate of drug-likeness (QED) is 0.830. The van der Waals surface area contributed by atoms with E-state index in [1.54, 1.807) is 12.4 Å². The van der Waals surface area contributed by atoms with E-state index in [-0.39, 0.29) is 11.5 Å². The Morgan fingerprint density at radius 3 is 2.96 bits per heavy atom. The third-order valence-corrected chi connectivity index (χ3v) is 5.62. The fraction of sp³-hybridized carbons (Fsp3) is 0.684. The van der Waals surface area contributed by atoms with Gasteiger partial charge in [0.25, 0.3) is 5.91 Å². The Morgan fingerprint density at radius 1 is 1.33 bits per heavy atom. The van der Waals surface area contributed by atoms with Crippen LogP contribution in [0.1, 0.15) is 37.1 Å². The van der Waals surface area contributed by atoms with Crippen molar-refractivity contribution in [1.82, 2.24) is 20.2 Å². The molecule has 1 aromatic rings. The number of likely N-dealkylation sites (tertiary alicyclic amines) is 1. The van der Waals surface area contributed by atoms with Crippen molar-refractivity contribution in [2.24, 2.45) is 11.1 Å². The highest BCUT2D eigenvalue weighted by atomic mass is 16.7. The second-order valence-electron chi connectivity index (χ2n) is 7.86. The normalized spacial score (nSPS) is 26.2. The fourth-order valence-electron chi connectivity index (χ4n) is 4.02. The minimum absolute atomic E-state index is 0.183. The van der Waals surface area contributed by atoms with E-state index >= 15 is 0 Å². The van der Waals surface area contributed by atoms with E-state index in [1.165, 1.54) is 0 Å². The highest BCUT2D eigenvalue weighted by Crippen LogP contribution is 2.34. The van der Waals surface area contributed by atoms with E-state index in [1.807, 2.05) is 6.92 Å². The number of amides is 1. The van der Waals surface area contributed by atoms with E-state index in [2.05, 4.69) is 25.3 Å². The maximum absolute atomic E-state index is 12.4. The fourth-order valence-corrected chi connectivity index (χ4v) is 4.02. The van der Waals surface area contributed by atoms with Gasteiger partial charge in [0.2, 0.25) is 0 Å². The molecule has 8 nitrogen and oxygen atoms in total. The summed E-state index contributed by atoms with van der Waals surface area (Å²) >= 11 is 0. The smallest absolute Gasteiger partial charge is 0.269 e. The number of oxime groups is 1. The molecule has 1 spiro atoms. The van der Waals surface area contributed by atoms with Crippen LogP contribution in [0.4, 0.5) is 0 Å². The summed E-state index contributed by atoms with van der Waals surface area (Å²) in [5.74, 6) is 0.520. The summed E-state index contributed by atoms with van der Waals surface area (Å²) in [6.45, 7) is 6.90. The maximum Gasteiger partial charge on any atom is 0.269 e. The number of nitrogens with zero attached hydrogens (tertiary/aromatic N) is 4. The lowest BCUT2D eigenvalue weighted by molar-refractivity contribution is -0.115. The summed E-state index contributed by atoms with van der Waals surface area (Å²) in [5, 5.41) is 6.96. The van der Waals surface area contributed by atoms with E-state index in [0.29, 0.717) is 24.6 Å². The largest absolute Gasteiger partial charge is 0.387 e. The molecule has 4 heterocycles. The topological polar surface area (TPSA) is 88.9 Å². The van der Waals surface area contributed by atoms with Gasteiger partial charge in [-0.3, -0.25) is 19.7 Å². The average Bonchev–Trinajstić information content (AvgIpc) is 3.29. The zero-order chi connectivity index (χ0) is 18.7. The molecule has 3 aliphatic heterocycles. The van der Waals surface area contributed by atoms with Crippen molar-refractivity contribution in [1.29, 1.82) is 0 Å². The summed E-state index contributed by atoms with van der Waals surface area (Å²) in [4.78, 5) is 29.1. The van der Waals surface area contributed by atoms with Crippen molar-refractivity contribution in [3.8, 4) is 0 Å². The molecule has 0 saturated carbocycles. The van der Waals surface area contributed by atoms with Crippen LogP contribution < -0.4 is 5.32 Å². The summed E-state index contributed by atoms with van der Waals surface area (Å²) in [5.41, 5.74) is 1.73. The highest BCUT2D eigenvalue weighted by Gasteiger charge is 2.46. The zero-order valence-corrected chi connectivity index (χ0v) is 15.8. The Labute approximate surface area is 159 Å². The molecule has 3 aliphatic rings. The molecule has 146 valence electrons. The van der Waals surface area contributed by atoms with Crippen molar-refractivity contribution < 1.29 is 14.4 Å². The molecule has 0 aromatic carbocycles. The van der Waals surface area contributed by atoms with Gasteiger partial charge in [-0.05, 0) is 25.7 Å². The average molecular weight is 373 g/mol. The first-order valence-corrected chi connectivity index (χ1v) is 9.73. The molecule has 1 aromatic heterocycles. The SMILES string of the molecule is Cc1cnc(CNC(=O)C2=NOC3(CCN(CC4CCOCC4)C3)C2)cn1. The van der Waals surface area contributed by atoms with Gasteiger partial charge >= 0.3 is 0 Å². The predicted molar refractivity (Wildman–Crippen MR) is 99.1 cm³/mol. The van der Waals surface area contributed by atoms with Crippen LogP contribution in [-0.2, 0) is 20.9 Å². The minimum atomic E-state index is -0.332. The Morgan fingerprint density at radius 2 is 2.19 bits per heavy atom. The number of aryl methyl sites for hydroxylation is 1. The summed E-state index contributed by atoms with van der Waals surface area (Å²) in [6, 6.07) is 0. The number of nitrogens with one attached hydrogen (secondary N) is 1. The number of hydrogen-bond donors (Lipinski definition) is 1. The van der Waals surface area contributed by atoms with Crippen LogP contribution in [0.25, 0.3) is 0 Å². The van der Waals surface area contributed by atoms with Gasteiger partial charge in [0.05, 0.1) is 24.1 Å². The molecule has 2 fully saturated rings. The number of rotatable bonds is 5. The van der Waals surface area contributed by atoms with Crippen LogP contribution in [-0.4, -0.2) is 64.9 Å². The minimum Gasteiger partial charge on any atom is -0.387 e. The number of carbonyl (C=O) groups is 1. The molecule has 0 radical (unpaired) electrons. The molecule has 0 bridgehead atoms. The third-order valence-electron chi connectivity index (χ3n) is 5.62. The Balaban J connectivity index is 1.25. The molecule has 1 atom stereocenters. The van der Waals surface area contributed by atoms with Crippen LogP contribution in [0, 0.1) is 12.8 Å². The van der Waals surface area contributed by atoms with Crippen LogP contribution in [0.5, 0.6) is 0 Å². The van der Waals surface area contributed by atoms with Crippen molar-refractivity contribution in [3.63, 3.8) is 0 Å². The van der Waals surface area contributed by atoms with Crippen molar-refractivity contribution in [2.45, 2.75) is 44.8 Å². The van der Waals surface area contributed by atoms with Gasteiger partial charge in [0.1, 0.15) is 5.71 Å².